The second-order valence-corrected chi connectivity index (χ2v) is 18.5. The van der Waals surface area contributed by atoms with Gasteiger partial charge in [-0.1, -0.05) is 19.6 Å². The number of pyridine rings is 2. The smallest absolute Gasteiger partial charge is 0.410 e. The van der Waals surface area contributed by atoms with Crippen molar-refractivity contribution in [3.63, 3.8) is 0 Å². The molecule has 0 bridgehead atoms. The van der Waals surface area contributed by atoms with Gasteiger partial charge in [-0.15, -0.1) is 0 Å². The van der Waals surface area contributed by atoms with E-state index in [1.807, 2.05) is 32.9 Å². The van der Waals surface area contributed by atoms with E-state index in [0.29, 0.717) is 60.7 Å². The van der Waals surface area contributed by atoms with Crippen LogP contribution in [0.2, 0.25) is 25.7 Å². The van der Waals surface area contributed by atoms with Crippen LogP contribution in [0.3, 0.4) is 0 Å². The number of likely N-dealkylation sites (tertiary alicyclic amines) is 1. The Kier molecular flexibility index (Phi) is 7.81. The molecule has 1 aliphatic heterocycles. The summed E-state index contributed by atoms with van der Waals surface area (Å²) in [5.41, 5.74) is 2.26. The molecule has 220 valence electrons. The van der Waals surface area contributed by atoms with Gasteiger partial charge in [-0.2, -0.15) is 0 Å². The number of carbonyl (C=O) groups is 1. The Bertz CT molecular complexity index is 1620. The fourth-order valence-corrected chi connectivity index (χ4v) is 5.82. The first kappa shape index (κ1) is 29.0. The maximum atomic E-state index is 13.9. The van der Waals surface area contributed by atoms with Crippen LogP contribution in [0.1, 0.15) is 39.7 Å². The van der Waals surface area contributed by atoms with E-state index in [9.17, 15) is 14.0 Å². The van der Waals surface area contributed by atoms with Gasteiger partial charge in [0.2, 0.25) is 0 Å². The highest BCUT2D eigenvalue weighted by Gasteiger charge is 2.30. The molecule has 0 unspecified atom stereocenters. The summed E-state index contributed by atoms with van der Waals surface area (Å²) in [6.07, 6.45) is 4.12. The van der Waals surface area contributed by atoms with Gasteiger partial charge in [-0.3, -0.25) is 13.5 Å². The van der Waals surface area contributed by atoms with Crippen molar-refractivity contribution < 1.29 is 18.7 Å². The molecule has 4 aromatic heterocycles. The molecule has 12 heteroatoms. The quantitative estimate of drug-likeness (QED) is 0.210. The maximum absolute atomic E-state index is 13.9. The van der Waals surface area contributed by atoms with Crippen molar-refractivity contribution in [3.8, 4) is 11.4 Å². The van der Waals surface area contributed by atoms with Crippen LogP contribution in [-0.4, -0.2) is 67.9 Å². The summed E-state index contributed by atoms with van der Waals surface area (Å²) in [6.45, 7) is 14.1. The predicted octanol–water partition coefficient (Wildman–Crippen LogP) is 5.54. The van der Waals surface area contributed by atoms with Crippen molar-refractivity contribution in [2.45, 2.75) is 77.7 Å². The third kappa shape index (κ3) is 6.38. The fourth-order valence-electron chi connectivity index (χ4n) is 5.06. The highest BCUT2D eigenvalue weighted by Crippen LogP contribution is 2.28. The van der Waals surface area contributed by atoms with Crippen molar-refractivity contribution in [2.75, 3.05) is 19.7 Å². The standard InChI is InChI=1S/C29H39FN6O4Si/c1-29(2,3)40-28(38)33-12-10-21(11-13-33)36-26-23(35(27(36)37)19-39-15-16-41(4,5)6)8-7-22(32-26)24-18-31-25-17-20(30)9-14-34(24)25/h7-9,14,17-18,21H,10-13,15-16,19H2,1-6H3. The number of hydrogen-bond acceptors (Lipinski definition) is 6. The molecular formula is C29H39FN6O4Si. The van der Waals surface area contributed by atoms with Crippen molar-refractivity contribution in [1.29, 1.82) is 0 Å². The topological polar surface area (TPSA) is 95.9 Å². The van der Waals surface area contributed by atoms with Gasteiger partial charge in [0.1, 0.15) is 23.8 Å². The highest BCUT2D eigenvalue weighted by atomic mass is 28.3. The normalized spacial score (nSPS) is 15.2. The number of aromatic nitrogens is 5. The molecule has 1 fully saturated rings. The van der Waals surface area contributed by atoms with E-state index in [1.54, 1.807) is 30.8 Å². The highest BCUT2D eigenvalue weighted by molar-refractivity contribution is 6.76. The Hall–Kier alpha value is -3.51. The lowest BCUT2D eigenvalue weighted by molar-refractivity contribution is 0.0188. The summed E-state index contributed by atoms with van der Waals surface area (Å²) in [6, 6.07) is 7.33. The molecule has 5 rings (SSSR count). The first-order valence-electron chi connectivity index (χ1n) is 14.1. The van der Waals surface area contributed by atoms with Gasteiger partial charge in [-0.25, -0.2) is 23.9 Å². The minimum atomic E-state index is -1.28. The zero-order valence-electron chi connectivity index (χ0n) is 24.7. The number of rotatable bonds is 7. The van der Waals surface area contributed by atoms with E-state index in [4.69, 9.17) is 14.5 Å². The monoisotopic (exact) mass is 582 g/mol. The van der Waals surface area contributed by atoms with Gasteiger partial charge in [0, 0.05) is 46.1 Å². The minimum absolute atomic E-state index is 0.138. The first-order valence-corrected chi connectivity index (χ1v) is 17.8. The first-order chi connectivity index (χ1) is 19.3. The Morgan fingerprint density at radius 1 is 1.15 bits per heavy atom. The van der Waals surface area contributed by atoms with E-state index >= 15 is 0 Å². The number of fused-ring (bicyclic) bond motifs is 2. The number of hydrogen-bond donors (Lipinski definition) is 0. The second-order valence-electron chi connectivity index (χ2n) is 12.9. The van der Waals surface area contributed by atoms with E-state index in [0.717, 1.165) is 6.04 Å². The fraction of sp³-hybridized carbons (Fsp3) is 0.517. The van der Waals surface area contributed by atoms with E-state index in [1.165, 1.54) is 12.1 Å². The molecule has 0 saturated carbocycles. The molecule has 1 amide bonds. The van der Waals surface area contributed by atoms with Crippen LogP contribution in [0.4, 0.5) is 9.18 Å². The van der Waals surface area contributed by atoms with E-state index in [-0.39, 0.29) is 30.4 Å². The summed E-state index contributed by atoms with van der Waals surface area (Å²) in [5.74, 6) is -0.365. The van der Waals surface area contributed by atoms with E-state index in [2.05, 4.69) is 24.6 Å². The van der Waals surface area contributed by atoms with Gasteiger partial charge < -0.3 is 14.4 Å². The Labute approximate surface area is 239 Å². The molecule has 1 saturated heterocycles. The SMILES string of the molecule is CC(C)(C)OC(=O)N1CCC(n2c(=O)n(COCC[Si](C)(C)C)c3ccc(-c4cnc5cc(F)ccn45)nc32)CC1. The van der Waals surface area contributed by atoms with Crippen LogP contribution in [0.25, 0.3) is 28.2 Å². The van der Waals surface area contributed by atoms with Gasteiger partial charge in [-0.05, 0) is 57.9 Å². The molecular weight excluding hydrogens is 543 g/mol. The van der Waals surface area contributed by atoms with E-state index < -0.39 is 13.7 Å². The third-order valence-corrected chi connectivity index (χ3v) is 8.95. The summed E-state index contributed by atoms with van der Waals surface area (Å²) in [5, 5.41) is 0. The molecule has 41 heavy (non-hydrogen) atoms. The molecule has 10 nitrogen and oxygen atoms in total. The molecule has 0 N–H and O–H groups in total. The Balaban J connectivity index is 1.49. The number of imidazole rings is 2. The lowest BCUT2D eigenvalue weighted by atomic mass is 10.1. The number of ether oxygens (including phenoxy) is 2. The largest absolute Gasteiger partial charge is 0.444 e. The van der Waals surface area contributed by atoms with Crippen LogP contribution in [0.5, 0.6) is 0 Å². The molecule has 0 atom stereocenters. The number of amides is 1. The molecule has 0 aliphatic carbocycles. The van der Waals surface area contributed by atoms with Gasteiger partial charge in [0.15, 0.2) is 5.65 Å². The van der Waals surface area contributed by atoms with Crippen LogP contribution in [-0.2, 0) is 16.2 Å². The van der Waals surface area contributed by atoms with Crippen LogP contribution < -0.4 is 5.69 Å². The number of halogens is 1. The van der Waals surface area contributed by atoms with Crippen molar-refractivity contribution in [3.05, 3.63) is 53.0 Å². The van der Waals surface area contributed by atoms with Crippen LogP contribution in [0, 0.1) is 5.82 Å². The summed E-state index contributed by atoms with van der Waals surface area (Å²) in [7, 11) is -1.28. The average Bonchev–Trinajstić information content (AvgIpc) is 3.42. The van der Waals surface area contributed by atoms with Gasteiger partial charge in [0.05, 0.1) is 23.1 Å². The average molecular weight is 583 g/mol. The molecule has 5 heterocycles. The molecule has 0 spiro atoms. The van der Waals surface area contributed by atoms with Crippen molar-refractivity contribution in [2.24, 2.45) is 0 Å². The summed E-state index contributed by atoms with van der Waals surface area (Å²) < 4.78 is 30.5. The number of piperidine rings is 1. The predicted molar refractivity (Wildman–Crippen MR) is 158 cm³/mol. The lowest BCUT2D eigenvalue weighted by Gasteiger charge is -2.33. The molecule has 1 aliphatic rings. The zero-order chi connectivity index (χ0) is 29.5. The molecule has 0 aromatic carbocycles. The zero-order valence-corrected chi connectivity index (χ0v) is 25.7. The lowest BCUT2D eigenvalue weighted by Crippen LogP contribution is -2.43. The Morgan fingerprint density at radius 3 is 2.56 bits per heavy atom. The molecule has 0 radical (unpaired) electrons. The third-order valence-electron chi connectivity index (χ3n) is 7.25. The van der Waals surface area contributed by atoms with Crippen molar-refractivity contribution >= 4 is 31.0 Å². The number of nitrogens with zero attached hydrogens (tertiary/aromatic N) is 6. The number of carbonyl (C=O) groups excluding carboxylic acids is 1. The van der Waals surface area contributed by atoms with Crippen molar-refractivity contribution in [1.82, 2.24) is 28.4 Å². The maximum Gasteiger partial charge on any atom is 0.410 e. The van der Waals surface area contributed by atoms with Gasteiger partial charge >= 0.3 is 11.8 Å². The molecule has 4 aromatic rings. The second kappa shape index (κ2) is 11.0. The minimum Gasteiger partial charge on any atom is -0.444 e. The van der Waals surface area contributed by atoms with Crippen LogP contribution >= 0.6 is 0 Å². The van der Waals surface area contributed by atoms with Crippen LogP contribution in [0.15, 0.2) is 41.5 Å². The summed E-state index contributed by atoms with van der Waals surface area (Å²) in [4.78, 5) is 37.5. The van der Waals surface area contributed by atoms with Gasteiger partial charge in [0.25, 0.3) is 0 Å². The summed E-state index contributed by atoms with van der Waals surface area (Å²) >= 11 is 0. The Morgan fingerprint density at radius 2 is 1.88 bits per heavy atom.